The molecule has 1 aliphatic rings. The van der Waals surface area contributed by atoms with E-state index in [0.29, 0.717) is 6.04 Å². The zero-order valence-corrected chi connectivity index (χ0v) is 14.2. The summed E-state index contributed by atoms with van der Waals surface area (Å²) in [7, 11) is 4.39. The van der Waals surface area contributed by atoms with Gasteiger partial charge >= 0.3 is 0 Å². The number of rotatable bonds is 6. The van der Waals surface area contributed by atoms with E-state index in [2.05, 4.69) is 62.4 Å². The number of hydrogen-bond donors (Lipinski definition) is 1. The van der Waals surface area contributed by atoms with Gasteiger partial charge in [0, 0.05) is 12.1 Å². The molecule has 0 heterocycles. The molecule has 2 heteroatoms. The number of aryl methyl sites for hydroxylation is 1. The van der Waals surface area contributed by atoms with Crippen LogP contribution in [0.4, 0.5) is 0 Å². The number of benzene rings is 1. The van der Waals surface area contributed by atoms with Crippen molar-refractivity contribution in [1.29, 1.82) is 0 Å². The van der Waals surface area contributed by atoms with E-state index in [4.69, 9.17) is 0 Å². The first-order chi connectivity index (χ1) is 10.1. The van der Waals surface area contributed by atoms with Crippen molar-refractivity contribution >= 4 is 0 Å². The van der Waals surface area contributed by atoms with Gasteiger partial charge in [-0.3, -0.25) is 0 Å². The Morgan fingerprint density at radius 1 is 1.19 bits per heavy atom. The van der Waals surface area contributed by atoms with Gasteiger partial charge in [-0.2, -0.15) is 0 Å². The molecule has 1 aromatic rings. The lowest BCUT2D eigenvalue weighted by atomic mass is 9.85. The van der Waals surface area contributed by atoms with Crippen molar-refractivity contribution in [3.63, 3.8) is 0 Å². The van der Waals surface area contributed by atoms with E-state index in [1.807, 2.05) is 0 Å². The average molecular weight is 288 g/mol. The minimum Gasteiger partial charge on any atom is -0.313 e. The predicted molar refractivity (Wildman–Crippen MR) is 91.6 cm³/mol. The Morgan fingerprint density at radius 2 is 1.86 bits per heavy atom. The number of nitrogens with one attached hydrogen (secondary N) is 1. The summed E-state index contributed by atoms with van der Waals surface area (Å²) >= 11 is 0. The SMILES string of the molecule is CNC(CCN(C)C1CCCCC1C)c1ccc(C)cc1. The molecule has 0 amide bonds. The fourth-order valence-corrected chi connectivity index (χ4v) is 3.73. The van der Waals surface area contributed by atoms with Gasteiger partial charge in [0.1, 0.15) is 0 Å². The molecule has 3 atom stereocenters. The summed E-state index contributed by atoms with van der Waals surface area (Å²) in [5, 5.41) is 3.48. The lowest BCUT2D eigenvalue weighted by Crippen LogP contribution is -2.40. The van der Waals surface area contributed by atoms with Crippen LogP contribution in [-0.2, 0) is 0 Å². The number of nitrogens with zero attached hydrogens (tertiary/aromatic N) is 1. The zero-order valence-electron chi connectivity index (χ0n) is 14.2. The summed E-state index contributed by atoms with van der Waals surface area (Å²) in [6.45, 7) is 5.75. The summed E-state index contributed by atoms with van der Waals surface area (Å²) in [5.41, 5.74) is 2.75. The first-order valence-electron chi connectivity index (χ1n) is 8.56. The molecule has 1 N–H and O–H groups in total. The predicted octanol–water partition coefficient (Wildman–Crippen LogP) is 4.16. The molecule has 0 aliphatic heterocycles. The van der Waals surface area contributed by atoms with Crippen molar-refractivity contribution in [1.82, 2.24) is 10.2 Å². The first kappa shape index (κ1) is 16.5. The summed E-state index contributed by atoms with van der Waals surface area (Å²) < 4.78 is 0. The van der Waals surface area contributed by atoms with Crippen LogP contribution in [0, 0.1) is 12.8 Å². The monoisotopic (exact) mass is 288 g/mol. The topological polar surface area (TPSA) is 15.3 Å². The van der Waals surface area contributed by atoms with Gasteiger partial charge in [-0.1, -0.05) is 49.6 Å². The molecule has 0 radical (unpaired) electrons. The highest BCUT2D eigenvalue weighted by molar-refractivity contribution is 5.24. The Kier molecular flexibility index (Phi) is 6.25. The zero-order chi connectivity index (χ0) is 15.2. The maximum atomic E-state index is 3.48. The molecule has 0 bridgehead atoms. The van der Waals surface area contributed by atoms with Crippen LogP contribution in [0.1, 0.15) is 56.2 Å². The van der Waals surface area contributed by atoms with E-state index in [1.54, 1.807) is 0 Å². The van der Waals surface area contributed by atoms with Gasteiger partial charge in [-0.15, -0.1) is 0 Å². The minimum atomic E-state index is 0.465. The molecule has 2 nitrogen and oxygen atoms in total. The van der Waals surface area contributed by atoms with Crippen LogP contribution in [0.5, 0.6) is 0 Å². The summed E-state index contributed by atoms with van der Waals surface area (Å²) in [5.74, 6) is 0.858. The third-order valence-electron chi connectivity index (χ3n) is 5.23. The van der Waals surface area contributed by atoms with Crippen LogP contribution in [0.2, 0.25) is 0 Å². The van der Waals surface area contributed by atoms with E-state index < -0.39 is 0 Å². The summed E-state index contributed by atoms with van der Waals surface area (Å²) in [4.78, 5) is 2.60. The lowest BCUT2D eigenvalue weighted by Gasteiger charge is -2.37. The van der Waals surface area contributed by atoms with E-state index in [-0.39, 0.29) is 0 Å². The van der Waals surface area contributed by atoms with E-state index in [1.165, 1.54) is 49.8 Å². The van der Waals surface area contributed by atoms with Crippen molar-refractivity contribution in [3.8, 4) is 0 Å². The van der Waals surface area contributed by atoms with Crippen molar-refractivity contribution in [2.75, 3.05) is 20.6 Å². The molecule has 21 heavy (non-hydrogen) atoms. The lowest BCUT2D eigenvalue weighted by molar-refractivity contribution is 0.135. The van der Waals surface area contributed by atoms with Gasteiger partial charge in [-0.05, 0) is 58.3 Å². The third kappa shape index (κ3) is 4.55. The molecule has 0 aromatic heterocycles. The minimum absolute atomic E-state index is 0.465. The standard InChI is InChI=1S/C19H32N2/c1-15-9-11-17(12-10-15)18(20-3)13-14-21(4)19-8-6-5-7-16(19)2/h9-12,16,18-20H,5-8,13-14H2,1-4H3. The molecule has 1 saturated carbocycles. The Morgan fingerprint density at radius 3 is 2.48 bits per heavy atom. The van der Waals surface area contributed by atoms with Crippen molar-refractivity contribution in [2.24, 2.45) is 5.92 Å². The Hall–Kier alpha value is -0.860. The molecule has 1 aliphatic carbocycles. The fraction of sp³-hybridized carbons (Fsp3) is 0.684. The molecule has 118 valence electrons. The average Bonchev–Trinajstić information content (AvgIpc) is 2.49. The first-order valence-corrected chi connectivity index (χ1v) is 8.56. The highest BCUT2D eigenvalue weighted by Crippen LogP contribution is 2.28. The molecular formula is C19H32N2. The molecule has 1 aromatic carbocycles. The van der Waals surface area contributed by atoms with Gasteiger partial charge in [0.2, 0.25) is 0 Å². The van der Waals surface area contributed by atoms with Gasteiger partial charge in [0.15, 0.2) is 0 Å². The van der Waals surface area contributed by atoms with Crippen LogP contribution < -0.4 is 5.32 Å². The Labute approximate surface area is 130 Å². The van der Waals surface area contributed by atoms with Gasteiger partial charge in [0.25, 0.3) is 0 Å². The van der Waals surface area contributed by atoms with Crippen molar-refractivity contribution in [3.05, 3.63) is 35.4 Å². The second-order valence-electron chi connectivity index (χ2n) is 6.85. The largest absolute Gasteiger partial charge is 0.313 e. The fourth-order valence-electron chi connectivity index (χ4n) is 3.73. The highest BCUT2D eigenvalue weighted by Gasteiger charge is 2.25. The number of hydrogen-bond acceptors (Lipinski definition) is 2. The van der Waals surface area contributed by atoms with Crippen molar-refractivity contribution < 1.29 is 0 Å². The Bertz CT molecular complexity index is 412. The van der Waals surface area contributed by atoms with E-state index in [0.717, 1.165) is 12.0 Å². The second-order valence-corrected chi connectivity index (χ2v) is 6.85. The van der Waals surface area contributed by atoms with Gasteiger partial charge < -0.3 is 10.2 Å². The molecule has 3 unspecified atom stereocenters. The van der Waals surface area contributed by atoms with Gasteiger partial charge in [0.05, 0.1) is 0 Å². The van der Waals surface area contributed by atoms with Crippen LogP contribution in [-0.4, -0.2) is 31.6 Å². The third-order valence-corrected chi connectivity index (χ3v) is 5.23. The molecule has 0 spiro atoms. The van der Waals surface area contributed by atoms with E-state index >= 15 is 0 Å². The van der Waals surface area contributed by atoms with Crippen molar-refractivity contribution in [2.45, 2.75) is 58.0 Å². The summed E-state index contributed by atoms with van der Waals surface area (Å²) in [6, 6.07) is 10.2. The second kappa shape index (κ2) is 7.95. The van der Waals surface area contributed by atoms with E-state index in [9.17, 15) is 0 Å². The van der Waals surface area contributed by atoms with Crippen LogP contribution in [0.3, 0.4) is 0 Å². The molecule has 1 fully saturated rings. The Balaban J connectivity index is 1.88. The maximum absolute atomic E-state index is 3.48. The molecule has 2 rings (SSSR count). The van der Waals surface area contributed by atoms with Crippen LogP contribution in [0.15, 0.2) is 24.3 Å². The smallest absolute Gasteiger partial charge is 0.0329 e. The van der Waals surface area contributed by atoms with Crippen LogP contribution >= 0.6 is 0 Å². The normalized spacial score (nSPS) is 24.2. The molecule has 0 saturated heterocycles. The summed E-state index contributed by atoms with van der Waals surface area (Å²) in [6.07, 6.45) is 6.80. The van der Waals surface area contributed by atoms with Gasteiger partial charge in [-0.25, -0.2) is 0 Å². The highest BCUT2D eigenvalue weighted by atomic mass is 15.1. The molecular weight excluding hydrogens is 256 g/mol. The van der Waals surface area contributed by atoms with Crippen LogP contribution in [0.25, 0.3) is 0 Å². The quantitative estimate of drug-likeness (QED) is 0.845. The maximum Gasteiger partial charge on any atom is 0.0329 e.